The Morgan fingerprint density at radius 2 is 2.14 bits per heavy atom. The van der Waals surface area contributed by atoms with Gasteiger partial charge in [0.2, 0.25) is 0 Å². The Hall–Kier alpha value is -1.62. The number of hydrogen-bond acceptors (Lipinski definition) is 2. The number of carbonyl (C=O) groups excluding carboxylic acids is 1. The first-order chi connectivity index (χ1) is 9.99. The van der Waals surface area contributed by atoms with Crippen molar-refractivity contribution in [1.82, 2.24) is 4.90 Å². The third-order valence-corrected chi connectivity index (χ3v) is 4.05. The molecule has 1 saturated heterocycles. The molecule has 1 amide bonds. The lowest BCUT2D eigenvalue weighted by atomic mass is 9.97. The van der Waals surface area contributed by atoms with Crippen molar-refractivity contribution in [3.63, 3.8) is 0 Å². The van der Waals surface area contributed by atoms with Gasteiger partial charge in [-0.05, 0) is 43.9 Å². The number of likely N-dealkylation sites (tertiary alicyclic amines) is 1. The Morgan fingerprint density at radius 3 is 2.81 bits per heavy atom. The van der Waals surface area contributed by atoms with Gasteiger partial charge in [-0.1, -0.05) is 11.6 Å². The second-order valence-corrected chi connectivity index (χ2v) is 5.61. The molecular weight excluding hydrogens is 297 g/mol. The fourth-order valence-electron chi connectivity index (χ4n) is 2.68. The van der Waals surface area contributed by atoms with Gasteiger partial charge in [0.25, 0.3) is 5.91 Å². The molecular formula is C15H17ClFNO3. The van der Waals surface area contributed by atoms with Gasteiger partial charge in [0.05, 0.1) is 10.6 Å². The third-order valence-electron chi connectivity index (χ3n) is 3.74. The molecule has 1 N–H and O–H groups in total. The number of carboxylic acid groups (broad SMARTS) is 1. The van der Waals surface area contributed by atoms with Gasteiger partial charge in [-0.25, -0.2) is 4.39 Å². The van der Waals surface area contributed by atoms with Gasteiger partial charge in [0, 0.05) is 19.0 Å². The number of halogens is 2. The van der Waals surface area contributed by atoms with Crippen molar-refractivity contribution in [2.45, 2.75) is 38.1 Å². The van der Waals surface area contributed by atoms with Gasteiger partial charge >= 0.3 is 5.97 Å². The van der Waals surface area contributed by atoms with Gasteiger partial charge in [-0.15, -0.1) is 0 Å². The molecule has 1 aromatic carbocycles. The summed E-state index contributed by atoms with van der Waals surface area (Å²) in [6.07, 6.45) is 3.11. The molecule has 1 fully saturated rings. The molecule has 0 aliphatic carbocycles. The minimum atomic E-state index is -0.868. The van der Waals surface area contributed by atoms with Gasteiger partial charge in [0.1, 0.15) is 5.82 Å². The van der Waals surface area contributed by atoms with E-state index in [1.54, 1.807) is 4.90 Å². The molecule has 1 aromatic rings. The number of nitrogens with zero attached hydrogens (tertiary/aromatic N) is 1. The summed E-state index contributed by atoms with van der Waals surface area (Å²) in [6, 6.07) is 3.60. The fourth-order valence-corrected chi connectivity index (χ4v) is 2.92. The van der Waals surface area contributed by atoms with Crippen LogP contribution < -0.4 is 0 Å². The van der Waals surface area contributed by atoms with E-state index in [9.17, 15) is 14.0 Å². The largest absolute Gasteiger partial charge is 0.481 e. The number of rotatable bonds is 4. The lowest BCUT2D eigenvalue weighted by Crippen LogP contribution is -2.44. The molecule has 1 unspecified atom stereocenters. The van der Waals surface area contributed by atoms with E-state index in [-0.39, 0.29) is 29.0 Å². The van der Waals surface area contributed by atoms with Gasteiger partial charge in [-0.3, -0.25) is 9.59 Å². The molecule has 0 bridgehead atoms. The highest BCUT2D eigenvalue weighted by molar-refractivity contribution is 6.33. The number of hydrogen-bond donors (Lipinski definition) is 1. The first-order valence-corrected chi connectivity index (χ1v) is 7.34. The zero-order chi connectivity index (χ0) is 15.4. The highest BCUT2D eigenvalue weighted by atomic mass is 35.5. The summed E-state index contributed by atoms with van der Waals surface area (Å²) in [5.74, 6) is -1.61. The smallest absolute Gasteiger partial charge is 0.303 e. The maximum atomic E-state index is 13.1. The van der Waals surface area contributed by atoms with Crippen molar-refractivity contribution >= 4 is 23.5 Å². The second kappa shape index (κ2) is 6.89. The Balaban J connectivity index is 2.16. The fraction of sp³-hybridized carbons (Fsp3) is 0.467. The standard InChI is InChI=1S/C15H17ClFNO3/c16-13-9-10(17)4-6-12(13)15(21)18-8-2-1-3-11(18)5-7-14(19)20/h4,6,9,11H,1-3,5,7-8H2,(H,19,20). The van der Waals surface area contributed by atoms with E-state index >= 15 is 0 Å². The number of amides is 1. The van der Waals surface area contributed by atoms with Crippen LogP contribution in [0.5, 0.6) is 0 Å². The van der Waals surface area contributed by atoms with Crippen LogP contribution in [0.3, 0.4) is 0 Å². The SMILES string of the molecule is O=C(O)CCC1CCCCN1C(=O)c1ccc(F)cc1Cl. The van der Waals surface area contributed by atoms with Crippen molar-refractivity contribution in [3.8, 4) is 0 Å². The number of carbonyl (C=O) groups is 2. The maximum absolute atomic E-state index is 13.1. The molecule has 1 heterocycles. The average molecular weight is 314 g/mol. The molecule has 0 aromatic heterocycles. The number of piperidine rings is 1. The zero-order valence-corrected chi connectivity index (χ0v) is 12.3. The summed E-state index contributed by atoms with van der Waals surface area (Å²) < 4.78 is 13.1. The van der Waals surface area contributed by atoms with E-state index in [2.05, 4.69) is 0 Å². The summed E-state index contributed by atoms with van der Waals surface area (Å²) in [4.78, 5) is 24.9. The molecule has 1 aliphatic heterocycles. The lowest BCUT2D eigenvalue weighted by Gasteiger charge is -2.36. The van der Waals surface area contributed by atoms with E-state index in [4.69, 9.17) is 16.7 Å². The average Bonchev–Trinajstić information content (AvgIpc) is 2.45. The van der Waals surface area contributed by atoms with Crippen LogP contribution in [0.4, 0.5) is 4.39 Å². The number of benzene rings is 1. The summed E-state index contributed by atoms with van der Waals surface area (Å²) in [5.41, 5.74) is 0.264. The minimum absolute atomic E-state index is 0.0333. The molecule has 1 aliphatic rings. The van der Waals surface area contributed by atoms with E-state index in [1.165, 1.54) is 12.1 Å². The summed E-state index contributed by atoms with van der Waals surface area (Å²) in [5, 5.41) is 8.88. The molecule has 4 nitrogen and oxygen atoms in total. The molecule has 1 atom stereocenters. The van der Waals surface area contributed by atoms with Crippen LogP contribution >= 0.6 is 11.6 Å². The van der Waals surface area contributed by atoms with Crippen LogP contribution in [-0.2, 0) is 4.79 Å². The van der Waals surface area contributed by atoms with Crippen LogP contribution in [0.15, 0.2) is 18.2 Å². The Kier molecular flexibility index (Phi) is 5.17. The van der Waals surface area contributed by atoms with Gasteiger partial charge in [0.15, 0.2) is 0 Å². The first-order valence-electron chi connectivity index (χ1n) is 6.97. The molecule has 6 heteroatoms. The Morgan fingerprint density at radius 1 is 1.38 bits per heavy atom. The van der Waals surface area contributed by atoms with Crippen molar-refractivity contribution in [1.29, 1.82) is 0 Å². The van der Waals surface area contributed by atoms with Crippen molar-refractivity contribution in [2.75, 3.05) is 6.54 Å². The van der Waals surface area contributed by atoms with E-state index in [0.717, 1.165) is 25.3 Å². The number of carboxylic acids is 1. The zero-order valence-electron chi connectivity index (χ0n) is 11.5. The monoisotopic (exact) mass is 313 g/mol. The lowest BCUT2D eigenvalue weighted by molar-refractivity contribution is -0.137. The van der Waals surface area contributed by atoms with Crippen LogP contribution in [0.1, 0.15) is 42.5 Å². The predicted molar refractivity (Wildman–Crippen MR) is 77.0 cm³/mol. The Bertz CT molecular complexity index is 550. The molecule has 2 rings (SSSR count). The van der Waals surface area contributed by atoms with Gasteiger partial charge in [-0.2, -0.15) is 0 Å². The van der Waals surface area contributed by atoms with Crippen molar-refractivity contribution < 1.29 is 19.1 Å². The Labute approximate surface area is 127 Å². The third kappa shape index (κ3) is 3.94. The molecule has 0 spiro atoms. The van der Waals surface area contributed by atoms with Crippen molar-refractivity contribution in [3.05, 3.63) is 34.6 Å². The quantitative estimate of drug-likeness (QED) is 0.927. The van der Waals surface area contributed by atoms with Crippen LogP contribution in [0.25, 0.3) is 0 Å². The first kappa shape index (κ1) is 15.8. The van der Waals surface area contributed by atoms with Crippen LogP contribution in [-0.4, -0.2) is 34.5 Å². The van der Waals surface area contributed by atoms with E-state index < -0.39 is 11.8 Å². The van der Waals surface area contributed by atoms with Crippen molar-refractivity contribution in [2.24, 2.45) is 0 Å². The summed E-state index contributed by atoms with van der Waals surface area (Å²) in [6.45, 7) is 0.580. The number of aliphatic carboxylic acids is 1. The summed E-state index contributed by atoms with van der Waals surface area (Å²) in [7, 11) is 0. The van der Waals surface area contributed by atoms with E-state index in [0.29, 0.717) is 13.0 Å². The molecule has 114 valence electrons. The normalized spacial score (nSPS) is 18.6. The molecule has 21 heavy (non-hydrogen) atoms. The maximum Gasteiger partial charge on any atom is 0.303 e. The predicted octanol–water partition coefficient (Wildman–Crippen LogP) is 3.34. The van der Waals surface area contributed by atoms with Gasteiger partial charge < -0.3 is 10.0 Å². The highest BCUT2D eigenvalue weighted by Crippen LogP contribution is 2.26. The second-order valence-electron chi connectivity index (χ2n) is 5.20. The van der Waals surface area contributed by atoms with Crippen LogP contribution in [0.2, 0.25) is 5.02 Å². The highest BCUT2D eigenvalue weighted by Gasteiger charge is 2.28. The summed E-state index contributed by atoms with van der Waals surface area (Å²) >= 11 is 5.94. The molecule has 0 radical (unpaired) electrons. The minimum Gasteiger partial charge on any atom is -0.481 e. The topological polar surface area (TPSA) is 57.6 Å². The van der Waals surface area contributed by atoms with Crippen LogP contribution in [0, 0.1) is 5.82 Å². The van der Waals surface area contributed by atoms with E-state index in [1.807, 2.05) is 0 Å². The molecule has 0 saturated carbocycles.